The van der Waals surface area contributed by atoms with Gasteiger partial charge in [0.15, 0.2) is 0 Å². The third-order valence-electron chi connectivity index (χ3n) is 3.93. The predicted molar refractivity (Wildman–Crippen MR) is 73.6 cm³/mol. The van der Waals surface area contributed by atoms with Gasteiger partial charge in [-0.15, -0.1) is 0 Å². The molecule has 0 aliphatic heterocycles. The Labute approximate surface area is 111 Å². The maximum Gasteiger partial charge on any atom is 0.114 e. The maximum absolute atomic E-state index is 5.89. The largest absolute Gasteiger partial charge is 0.342 e. The normalized spacial score (nSPS) is 17.4. The van der Waals surface area contributed by atoms with E-state index in [0.29, 0.717) is 6.54 Å². The standard InChI is InChI=1S/C14H16ClN3/c15-11-4-2-10(3-5-11)12-8-17-13(18-12)14(9-16)6-1-7-14/h2-5,8H,1,6-7,9,16H2,(H,17,18). The summed E-state index contributed by atoms with van der Waals surface area (Å²) in [4.78, 5) is 7.92. The van der Waals surface area contributed by atoms with E-state index < -0.39 is 0 Å². The van der Waals surface area contributed by atoms with E-state index in [1.807, 2.05) is 30.5 Å². The molecule has 0 atom stereocenters. The van der Waals surface area contributed by atoms with E-state index in [9.17, 15) is 0 Å². The monoisotopic (exact) mass is 261 g/mol. The quantitative estimate of drug-likeness (QED) is 0.892. The van der Waals surface area contributed by atoms with Gasteiger partial charge < -0.3 is 10.7 Å². The van der Waals surface area contributed by atoms with Crippen molar-refractivity contribution in [2.45, 2.75) is 24.7 Å². The van der Waals surface area contributed by atoms with E-state index in [1.165, 1.54) is 6.42 Å². The number of benzene rings is 1. The summed E-state index contributed by atoms with van der Waals surface area (Å²) in [7, 11) is 0. The van der Waals surface area contributed by atoms with Gasteiger partial charge in [-0.2, -0.15) is 0 Å². The predicted octanol–water partition coefficient (Wildman–Crippen LogP) is 3.11. The van der Waals surface area contributed by atoms with E-state index >= 15 is 0 Å². The Morgan fingerprint density at radius 3 is 2.56 bits per heavy atom. The highest BCUT2D eigenvalue weighted by molar-refractivity contribution is 6.30. The first-order valence-electron chi connectivity index (χ1n) is 6.25. The highest BCUT2D eigenvalue weighted by atomic mass is 35.5. The molecule has 18 heavy (non-hydrogen) atoms. The molecule has 3 N–H and O–H groups in total. The third-order valence-corrected chi connectivity index (χ3v) is 4.19. The molecule has 3 rings (SSSR count). The Balaban J connectivity index is 1.91. The van der Waals surface area contributed by atoms with Crippen LogP contribution in [0.4, 0.5) is 0 Å². The number of rotatable bonds is 3. The second-order valence-corrected chi connectivity index (χ2v) is 5.43. The molecule has 0 radical (unpaired) electrons. The van der Waals surface area contributed by atoms with Gasteiger partial charge in [-0.1, -0.05) is 30.2 Å². The molecule has 1 aromatic heterocycles. The van der Waals surface area contributed by atoms with Gasteiger partial charge in [0.1, 0.15) is 5.82 Å². The van der Waals surface area contributed by atoms with Crippen molar-refractivity contribution >= 4 is 11.6 Å². The number of H-pyrrole nitrogens is 1. The molecular formula is C14H16ClN3. The number of hydrogen-bond acceptors (Lipinski definition) is 2. The van der Waals surface area contributed by atoms with Crippen molar-refractivity contribution in [3.05, 3.63) is 41.3 Å². The summed E-state index contributed by atoms with van der Waals surface area (Å²) in [6, 6.07) is 7.77. The lowest BCUT2D eigenvalue weighted by Gasteiger charge is -2.39. The van der Waals surface area contributed by atoms with Crippen LogP contribution < -0.4 is 5.73 Å². The van der Waals surface area contributed by atoms with Crippen LogP contribution in [-0.2, 0) is 5.41 Å². The summed E-state index contributed by atoms with van der Waals surface area (Å²) in [5.74, 6) is 1.03. The van der Waals surface area contributed by atoms with Crippen LogP contribution in [0.2, 0.25) is 5.02 Å². The fourth-order valence-electron chi connectivity index (χ4n) is 2.51. The van der Waals surface area contributed by atoms with Crippen LogP contribution in [0.3, 0.4) is 0 Å². The number of aromatic amines is 1. The zero-order chi connectivity index (χ0) is 12.6. The summed E-state index contributed by atoms with van der Waals surface area (Å²) in [5.41, 5.74) is 8.11. The zero-order valence-corrected chi connectivity index (χ0v) is 10.9. The van der Waals surface area contributed by atoms with Gasteiger partial charge >= 0.3 is 0 Å². The summed E-state index contributed by atoms with van der Waals surface area (Å²) in [5, 5.41) is 0.746. The van der Waals surface area contributed by atoms with Crippen molar-refractivity contribution < 1.29 is 0 Å². The Bertz CT molecular complexity index is 535. The Kier molecular flexibility index (Phi) is 2.88. The fourth-order valence-corrected chi connectivity index (χ4v) is 2.63. The first-order valence-corrected chi connectivity index (χ1v) is 6.63. The smallest absolute Gasteiger partial charge is 0.114 e. The van der Waals surface area contributed by atoms with Crippen molar-refractivity contribution in [2.75, 3.05) is 6.54 Å². The van der Waals surface area contributed by atoms with Gasteiger partial charge in [0, 0.05) is 17.0 Å². The number of aromatic nitrogens is 2. The summed E-state index contributed by atoms with van der Waals surface area (Å²) in [6.07, 6.45) is 5.40. The lowest BCUT2D eigenvalue weighted by atomic mass is 9.68. The van der Waals surface area contributed by atoms with Gasteiger partial charge in [0.25, 0.3) is 0 Å². The molecule has 1 aliphatic rings. The van der Waals surface area contributed by atoms with Crippen molar-refractivity contribution in [2.24, 2.45) is 5.73 Å². The van der Waals surface area contributed by atoms with Gasteiger partial charge in [0.2, 0.25) is 0 Å². The lowest BCUT2D eigenvalue weighted by molar-refractivity contribution is 0.240. The Morgan fingerprint density at radius 1 is 1.28 bits per heavy atom. The maximum atomic E-state index is 5.89. The minimum absolute atomic E-state index is 0.0880. The zero-order valence-electron chi connectivity index (χ0n) is 10.1. The first kappa shape index (κ1) is 11.8. The van der Waals surface area contributed by atoms with Crippen molar-refractivity contribution in [3.8, 4) is 11.3 Å². The number of hydrogen-bond donors (Lipinski definition) is 2. The highest BCUT2D eigenvalue weighted by Gasteiger charge is 2.39. The Hall–Kier alpha value is -1.32. The first-order chi connectivity index (χ1) is 8.73. The molecule has 2 aromatic rings. The fraction of sp³-hybridized carbons (Fsp3) is 0.357. The molecule has 0 saturated heterocycles. The summed E-state index contributed by atoms with van der Waals surface area (Å²) >= 11 is 5.89. The average Bonchev–Trinajstić information content (AvgIpc) is 2.79. The van der Waals surface area contributed by atoms with Crippen LogP contribution >= 0.6 is 11.6 Å². The SMILES string of the molecule is NCC1(c2ncc(-c3ccc(Cl)cc3)[nH]2)CCC1. The number of halogens is 1. The number of nitrogens with two attached hydrogens (primary N) is 1. The number of nitrogens with zero attached hydrogens (tertiary/aromatic N) is 1. The van der Waals surface area contributed by atoms with Gasteiger partial charge in [-0.05, 0) is 30.5 Å². The van der Waals surface area contributed by atoms with Crippen molar-refractivity contribution in [1.82, 2.24) is 9.97 Å². The van der Waals surface area contributed by atoms with Gasteiger partial charge in [0.05, 0.1) is 11.9 Å². The Morgan fingerprint density at radius 2 is 2.00 bits per heavy atom. The summed E-state index contributed by atoms with van der Waals surface area (Å²) in [6.45, 7) is 0.667. The summed E-state index contributed by atoms with van der Waals surface area (Å²) < 4.78 is 0. The van der Waals surface area contributed by atoms with Crippen LogP contribution in [0.1, 0.15) is 25.1 Å². The number of nitrogens with one attached hydrogen (secondary N) is 1. The van der Waals surface area contributed by atoms with Crippen LogP contribution in [0.5, 0.6) is 0 Å². The van der Waals surface area contributed by atoms with E-state index in [1.54, 1.807) is 0 Å². The van der Waals surface area contributed by atoms with E-state index in [-0.39, 0.29) is 5.41 Å². The minimum atomic E-state index is 0.0880. The molecule has 94 valence electrons. The van der Waals surface area contributed by atoms with E-state index in [2.05, 4.69) is 9.97 Å². The van der Waals surface area contributed by atoms with Crippen LogP contribution in [-0.4, -0.2) is 16.5 Å². The molecule has 4 heteroatoms. The van der Waals surface area contributed by atoms with Crippen molar-refractivity contribution in [1.29, 1.82) is 0 Å². The van der Waals surface area contributed by atoms with Crippen molar-refractivity contribution in [3.63, 3.8) is 0 Å². The molecule has 1 aromatic carbocycles. The number of imidazole rings is 1. The molecule has 0 unspecified atom stereocenters. The molecular weight excluding hydrogens is 246 g/mol. The van der Waals surface area contributed by atoms with E-state index in [4.69, 9.17) is 17.3 Å². The topological polar surface area (TPSA) is 54.7 Å². The second kappa shape index (κ2) is 4.41. The second-order valence-electron chi connectivity index (χ2n) is 4.99. The minimum Gasteiger partial charge on any atom is -0.342 e. The molecule has 3 nitrogen and oxygen atoms in total. The molecule has 1 aliphatic carbocycles. The molecule has 1 heterocycles. The molecule has 1 fully saturated rings. The van der Waals surface area contributed by atoms with Gasteiger partial charge in [-0.3, -0.25) is 0 Å². The van der Waals surface area contributed by atoms with Crippen LogP contribution in [0.15, 0.2) is 30.5 Å². The lowest BCUT2D eigenvalue weighted by Crippen LogP contribution is -2.42. The molecule has 0 spiro atoms. The molecule has 0 bridgehead atoms. The van der Waals surface area contributed by atoms with Crippen LogP contribution in [0, 0.1) is 0 Å². The third kappa shape index (κ3) is 1.84. The highest BCUT2D eigenvalue weighted by Crippen LogP contribution is 2.41. The molecule has 1 saturated carbocycles. The van der Waals surface area contributed by atoms with E-state index in [0.717, 1.165) is 34.9 Å². The van der Waals surface area contributed by atoms with Crippen LogP contribution in [0.25, 0.3) is 11.3 Å². The molecule has 0 amide bonds. The van der Waals surface area contributed by atoms with Gasteiger partial charge in [-0.25, -0.2) is 4.98 Å². The average molecular weight is 262 g/mol.